The Kier molecular flexibility index (Phi) is 5.37. The molecule has 7 heteroatoms. The van der Waals surface area contributed by atoms with Crippen LogP contribution in [0.4, 0.5) is 0 Å². The third-order valence-corrected chi connectivity index (χ3v) is 7.04. The van der Waals surface area contributed by atoms with E-state index in [-0.39, 0.29) is 12.1 Å². The molecule has 2 aromatic rings. The van der Waals surface area contributed by atoms with E-state index < -0.39 is 5.60 Å². The molecule has 1 aliphatic heterocycles. The van der Waals surface area contributed by atoms with Gasteiger partial charge in [0, 0.05) is 38.6 Å². The van der Waals surface area contributed by atoms with Gasteiger partial charge in [-0.15, -0.1) is 5.10 Å². The highest BCUT2D eigenvalue weighted by molar-refractivity contribution is 5.10. The smallest absolute Gasteiger partial charge is 0.114 e. The van der Waals surface area contributed by atoms with E-state index in [9.17, 15) is 5.11 Å². The van der Waals surface area contributed by atoms with Gasteiger partial charge in [-0.3, -0.25) is 9.88 Å². The highest BCUT2D eigenvalue weighted by Crippen LogP contribution is 2.43. The molecule has 5 rings (SSSR count). The van der Waals surface area contributed by atoms with Crippen LogP contribution in [0.2, 0.25) is 0 Å². The van der Waals surface area contributed by atoms with E-state index in [0.29, 0.717) is 17.5 Å². The van der Waals surface area contributed by atoms with E-state index in [4.69, 9.17) is 4.74 Å². The van der Waals surface area contributed by atoms with E-state index in [2.05, 4.69) is 32.3 Å². The molecular formula is C23H33N5O2. The quantitative estimate of drug-likeness (QED) is 0.755. The number of aromatic nitrogens is 4. The number of pyridine rings is 1. The predicted molar refractivity (Wildman–Crippen MR) is 112 cm³/mol. The van der Waals surface area contributed by atoms with Gasteiger partial charge in [0.25, 0.3) is 0 Å². The van der Waals surface area contributed by atoms with Crippen molar-refractivity contribution in [3.05, 3.63) is 42.0 Å². The number of fused-ring (bicyclic) bond motifs is 1. The standard InChI is InChI=1S/C23H33N5O2/c1-23(2,29)22-14-28(26-25-22)20-9-18-12-27(11-16-5-7-24-8-6-16)13-19(18)10-21(20)30-15-17-3-4-17/h5-8,14,17-21,29H,3-4,9-13,15H2,1-2H3/t18-,19+,20-,21-/m1/s1. The molecule has 3 fully saturated rings. The van der Waals surface area contributed by atoms with Gasteiger partial charge in [-0.25, -0.2) is 4.68 Å². The Morgan fingerprint density at radius 3 is 2.53 bits per heavy atom. The van der Waals surface area contributed by atoms with Crippen molar-refractivity contribution in [1.82, 2.24) is 24.9 Å². The molecule has 0 amide bonds. The molecule has 0 bridgehead atoms. The van der Waals surface area contributed by atoms with E-state index in [1.54, 1.807) is 13.8 Å². The summed E-state index contributed by atoms with van der Waals surface area (Å²) in [7, 11) is 0. The molecule has 3 heterocycles. The Morgan fingerprint density at radius 2 is 1.87 bits per heavy atom. The van der Waals surface area contributed by atoms with E-state index in [1.807, 2.05) is 23.3 Å². The lowest BCUT2D eigenvalue weighted by Crippen LogP contribution is -2.38. The Bertz CT molecular complexity index is 845. The monoisotopic (exact) mass is 411 g/mol. The molecule has 2 aliphatic carbocycles. The molecule has 1 saturated heterocycles. The zero-order valence-electron chi connectivity index (χ0n) is 18.0. The van der Waals surface area contributed by atoms with Crippen molar-refractivity contribution in [2.45, 2.75) is 63.8 Å². The minimum atomic E-state index is -0.978. The van der Waals surface area contributed by atoms with Crippen molar-refractivity contribution in [1.29, 1.82) is 0 Å². The number of nitrogens with zero attached hydrogens (tertiary/aromatic N) is 5. The average molecular weight is 412 g/mol. The SMILES string of the molecule is CC(C)(O)c1cn([C@@H]2C[C@@H]3CN(Cc4ccncc4)C[C@@H]3C[C@H]2OCC2CC2)nn1. The zero-order valence-corrected chi connectivity index (χ0v) is 18.0. The minimum Gasteiger partial charge on any atom is -0.384 e. The Balaban J connectivity index is 1.31. The van der Waals surface area contributed by atoms with Crippen LogP contribution in [0.3, 0.4) is 0 Å². The second kappa shape index (κ2) is 8.02. The van der Waals surface area contributed by atoms with Crippen LogP contribution in [0.1, 0.15) is 56.8 Å². The Hall–Kier alpha value is -1.83. The summed E-state index contributed by atoms with van der Waals surface area (Å²) >= 11 is 0. The summed E-state index contributed by atoms with van der Waals surface area (Å²) in [5, 5.41) is 19.0. The molecular weight excluding hydrogens is 378 g/mol. The van der Waals surface area contributed by atoms with Crippen LogP contribution in [0.5, 0.6) is 0 Å². The lowest BCUT2D eigenvalue weighted by Gasteiger charge is -2.37. The first-order valence-electron chi connectivity index (χ1n) is 11.3. The van der Waals surface area contributed by atoms with Crippen LogP contribution >= 0.6 is 0 Å². The number of hydrogen-bond donors (Lipinski definition) is 1. The van der Waals surface area contributed by atoms with Crippen molar-refractivity contribution in [2.75, 3.05) is 19.7 Å². The molecule has 2 aromatic heterocycles. The topological polar surface area (TPSA) is 76.3 Å². The lowest BCUT2D eigenvalue weighted by atomic mass is 9.77. The lowest BCUT2D eigenvalue weighted by molar-refractivity contribution is -0.0376. The molecule has 162 valence electrons. The molecule has 0 aromatic carbocycles. The van der Waals surface area contributed by atoms with Crippen LogP contribution in [0.15, 0.2) is 30.7 Å². The van der Waals surface area contributed by atoms with Gasteiger partial charge in [0.05, 0.1) is 18.3 Å². The van der Waals surface area contributed by atoms with Gasteiger partial charge in [0.15, 0.2) is 0 Å². The molecule has 2 saturated carbocycles. The second-order valence-electron chi connectivity index (χ2n) is 10.1. The van der Waals surface area contributed by atoms with Gasteiger partial charge in [-0.05, 0) is 75.0 Å². The van der Waals surface area contributed by atoms with Crippen molar-refractivity contribution in [2.24, 2.45) is 17.8 Å². The van der Waals surface area contributed by atoms with Crippen molar-refractivity contribution in [3.8, 4) is 0 Å². The third-order valence-electron chi connectivity index (χ3n) is 7.04. The molecule has 0 spiro atoms. The molecule has 0 radical (unpaired) electrons. The summed E-state index contributed by atoms with van der Waals surface area (Å²) in [4.78, 5) is 6.71. The number of likely N-dealkylation sites (tertiary alicyclic amines) is 1. The van der Waals surface area contributed by atoms with Crippen LogP contribution < -0.4 is 0 Å². The largest absolute Gasteiger partial charge is 0.384 e. The van der Waals surface area contributed by atoms with Crippen LogP contribution in [0.25, 0.3) is 0 Å². The average Bonchev–Trinajstić information content (AvgIpc) is 3.24. The number of ether oxygens (including phenoxy) is 1. The number of aliphatic hydroxyl groups is 1. The van der Waals surface area contributed by atoms with Crippen LogP contribution in [0, 0.1) is 17.8 Å². The molecule has 4 atom stereocenters. The normalized spacial score (nSPS) is 29.8. The van der Waals surface area contributed by atoms with Gasteiger partial charge < -0.3 is 9.84 Å². The molecule has 0 unspecified atom stereocenters. The highest BCUT2D eigenvalue weighted by atomic mass is 16.5. The van der Waals surface area contributed by atoms with Crippen LogP contribution in [-0.4, -0.2) is 55.8 Å². The van der Waals surface area contributed by atoms with Crippen molar-refractivity contribution < 1.29 is 9.84 Å². The summed E-state index contributed by atoms with van der Waals surface area (Å²) in [6, 6.07) is 4.41. The van der Waals surface area contributed by atoms with Crippen LogP contribution in [-0.2, 0) is 16.9 Å². The maximum Gasteiger partial charge on any atom is 0.114 e. The summed E-state index contributed by atoms with van der Waals surface area (Å²) in [6.45, 7) is 7.62. The third kappa shape index (κ3) is 4.43. The number of rotatable bonds is 7. The first-order valence-corrected chi connectivity index (χ1v) is 11.3. The maximum atomic E-state index is 10.3. The minimum absolute atomic E-state index is 0.170. The Morgan fingerprint density at radius 1 is 1.13 bits per heavy atom. The van der Waals surface area contributed by atoms with E-state index in [0.717, 1.165) is 45.0 Å². The van der Waals surface area contributed by atoms with E-state index >= 15 is 0 Å². The predicted octanol–water partition coefficient (Wildman–Crippen LogP) is 2.78. The van der Waals surface area contributed by atoms with Crippen molar-refractivity contribution >= 4 is 0 Å². The maximum absolute atomic E-state index is 10.3. The second-order valence-corrected chi connectivity index (χ2v) is 10.1. The summed E-state index contributed by atoms with van der Waals surface area (Å²) in [6.07, 6.45) is 10.6. The van der Waals surface area contributed by atoms with Crippen molar-refractivity contribution in [3.63, 3.8) is 0 Å². The summed E-state index contributed by atoms with van der Waals surface area (Å²) in [5.41, 5.74) is 0.971. The molecule has 3 aliphatic rings. The molecule has 7 nitrogen and oxygen atoms in total. The first kappa shape index (κ1) is 20.1. The highest BCUT2D eigenvalue weighted by Gasteiger charge is 2.44. The zero-order chi connectivity index (χ0) is 20.7. The summed E-state index contributed by atoms with van der Waals surface area (Å²) < 4.78 is 8.42. The van der Waals surface area contributed by atoms with Gasteiger partial charge in [0.1, 0.15) is 11.3 Å². The van der Waals surface area contributed by atoms with Gasteiger partial charge >= 0.3 is 0 Å². The first-order chi connectivity index (χ1) is 14.5. The number of hydrogen-bond acceptors (Lipinski definition) is 6. The fraction of sp³-hybridized carbons (Fsp3) is 0.696. The van der Waals surface area contributed by atoms with E-state index in [1.165, 1.54) is 18.4 Å². The fourth-order valence-electron chi connectivity index (χ4n) is 5.08. The molecule has 30 heavy (non-hydrogen) atoms. The van der Waals surface area contributed by atoms with Gasteiger partial charge in [-0.1, -0.05) is 5.21 Å². The molecule has 1 N–H and O–H groups in total. The Labute approximate surface area is 178 Å². The van der Waals surface area contributed by atoms with Gasteiger partial charge in [-0.2, -0.15) is 0 Å². The van der Waals surface area contributed by atoms with Gasteiger partial charge in [0.2, 0.25) is 0 Å². The summed E-state index contributed by atoms with van der Waals surface area (Å²) in [5.74, 6) is 2.06. The fourth-order valence-corrected chi connectivity index (χ4v) is 5.08.